The highest BCUT2D eigenvalue weighted by Crippen LogP contribution is 2.56. The van der Waals surface area contributed by atoms with Crippen LogP contribution < -0.4 is 4.90 Å². The lowest BCUT2D eigenvalue weighted by Crippen LogP contribution is -2.44. The van der Waals surface area contributed by atoms with Crippen LogP contribution in [0.4, 0.5) is 5.69 Å². The van der Waals surface area contributed by atoms with Crippen LogP contribution in [-0.4, -0.2) is 17.9 Å². The van der Waals surface area contributed by atoms with Crippen LogP contribution in [-0.2, 0) is 0 Å². The number of Topliss-reactive ketones (excluding diaryl/α,β-unsaturated/α-hetero) is 1. The Morgan fingerprint density at radius 3 is 2.39 bits per heavy atom. The molecule has 0 radical (unpaired) electrons. The summed E-state index contributed by atoms with van der Waals surface area (Å²) in [5, 5.41) is 21.5. The second kappa shape index (κ2) is 8.19. The van der Waals surface area contributed by atoms with Gasteiger partial charge in [0.2, 0.25) is 0 Å². The summed E-state index contributed by atoms with van der Waals surface area (Å²) in [7, 11) is 0. The van der Waals surface area contributed by atoms with Gasteiger partial charge in [0.1, 0.15) is 6.04 Å². The van der Waals surface area contributed by atoms with Crippen molar-refractivity contribution in [3.05, 3.63) is 105 Å². The lowest BCUT2D eigenvalue weighted by atomic mass is 9.69. The third kappa shape index (κ3) is 3.20. The Bertz CT molecular complexity index is 1360. The molecule has 1 saturated heterocycles. The number of nitriles is 2. The zero-order chi connectivity index (χ0) is 23.2. The van der Waals surface area contributed by atoms with Crippen molar-refractivity contribution in [3.63, 3.8) is 0 Å². The van der Waals surface area contributed by atoms with E-state index in [0.29, 0.717) is 10.6 Å². The molecule has 3 aromatic carbocycles. The van der Waals surface area contributed by atoms with Crippen LogP contribution in [0.2, 0.25) is 5.02 Å². The molecule has 0 bridgehead atoms. The predicted octanol–water partition coefficient (Wildman–Crippen LogP) is 6.39. The van der Waals surface area contributed by atoms with E-state index in [-0.39, 0.29) is 5.78 Å². The molecule has 3 atom stereocenters. The van der Waals surface area contributed by atoms with Crippen molar-refractivity contribution in [2.45, 2.75) is 18.0 Å². The van der Waals surface area contributed by atoms with Crippen LogP contribution in [0.1, 0.15) is 27.4 Å². The van der Waals surface area contributed by atoms with Gasteiger partial charge < -0.3 is 4.90 Å². The van der Waals surface area contributed by atoms with Crippen molar-refractivity contribution < 1.29 is 4.79 Å². The summed E-state index contributed by atoms with van der Waals surface area (Å²) in [5.41, 5.74) is 1.45. The third-order valence-electron chi connectivity index (χ3n) is 6.54. The van der Waals surface area contributed by atoms with Crippen molar-refractivity contribution in [1.29, 1.82) is 10.5 Å². The maximum Gasteiger partial charge on any atom is 0.185 e. The van der Waals surface area contributed by atoms with Crippen molar-refractivity contribution in [2.75, 3.05) is 4.90 Å². The van der Waals surface area contributed by atoms with Crippen LogP contribution in [0.3, 0.4) is 0 Å². The van der Waals surface area contributed by atoms with Crippen LogP contribution in [0.25, 0.3) is 6.08 Å². The van der Waals surface area contributed by atoms with E-state index in [2.05, 4.69) is 28.1 Å². The number of benzene rings is 3. The highest BCUT2D eigenvalue weighted by molar-refractivity contribution is 9.10. The second-order valence-corrected chi connectivity index (χ2v) is 9.47. The minimum atomic E-state index is -1.48. The zero-order valence-electron chi connectivity index (χ0n) is 17.3. The Labute approximate surface area is 205 Å². The number of nitrogens with zero attached hydrogens (tertiary/aromatic N) is 3. The van der Waals surface area contributed by atoms with E-state index in [0.717, 1.165) is 21.3 Å². The van der Waals surface area contributed by atoms with E-state index >= 15 is 0 Å². The van der Waals surface area contributed by atoms with Gasteiger partial charge in [0.05, 0.1) is 18.2 Å². The molecule has 0 saturated carbocycles. The molecule has 0 aliphatic carbocycles. The average Bonchev–Trinajstić information content (AvgIpc) is 3.14. The smallest absolute Gasteiger partial charge is 0.185 e. The standard InChI is InChI=1S/C27H17BrClN3O/c28-21-9-5-4-8-20(21)24-25(26(33)17-6-2-1-3-7-17)32-22-12-11-19(29)14-18(22)10-13-23(32)27(24,15-30)16-31/h1-14,23-25H/t23-,24-,25-/m0/s1. The summed E-state index contributed by atoms with van der Waals surface area (Å²) in [5.74, 6) is -0.822. The summed E-state index contributed by atoms with van der Waals surface area (Å²) in [6.07, 6.45) is 3.74. The number of rotatable bonds is 3. The lowest BCUT2D eigenvalue weighted by molar-refractivity contribution is 0.0951. The van der Waals surface area contributed by atoms with Crippen molar-refractivity contribution >= 4 is 45.1 Å². The number of hydrogen-bond donors (Lipinski definition) is 0. The van der Waals surface area contributed by atoms with E-state index in [9.17, 15) is 15.3 Å². The first-order chi connectivity index (χ1) is 16.0. The number of fused-ring (bicyclic) bond motifs is 3. The minimum Gasteiger partial charge on any atom is -0.351 e. The molecule has 5 rings (SSSR count). The first kappa shape index (κ1) is 21.5. The molecular formula is C27H17BrClN3O. The number of carbonyl (C=O) groups excluding carboxylic acids is 1. The molecule has 33 heavy (non-hydrogen) atoms. The lowest BCUT2D eigenvalue weighted by Gasteiger charge is -2.35. The monoisotopic (exact) mass is 513 g/mol. The molecule has 1 fully saturated rings. The maximum atomic E-state index is 14.1. The number of carbonyl (C=O) groups is 1. The van der Waals surface area contributed by atoms with E-state index in [1.54, 1.807) is 18.2 Å². The van der Waals surface area contributed by atoms with Gasteiger partial charge in [-0.1, -0.05) is 88.2 Å². The Kier molecular flexibility index (Phi) is 5.33. The number of ketones is 1. The molecule has 2 aliphatic rings. The van der Waals surface area contributed by atoms with Crippen molar-refractivity contribution in [3.8, 4) is 12.1 Å². The summed E-state index contributed by atoms with van der Waals surface area (Å²) in [4.78, 5) is 16.0. The Balaban J connectivity index is 1.81. The molecule has 0 amide bonds. The van der Waals surface area contributed by atoms with E-state index in [4.69, 9.17) is 11.6 Å². The van der Waals surface area contributed by atoms with Crippen molar-refractivity contribution in [1.82, 2.24) is 0 Å². The normalized spacial score (nSPS) is 22.1. The second-order valence-electron chi connectivity index (χ2n) is 8.18. The number of anilines is 1. The molecule has 4 nitrogen and oxygen atoms in total. The van der Waals surface area contributed by atoms with Crippen LogP contribution in [0, 0.1) is 28.1 Å². The molecule has 160 valence electrons. The van der Waals surface area contributed by atoms with Gasteiger partial charge >= 0.3 is 0 Å². The van der Waals surface area contributed by atoms with Gasteiger partial charge in [-0.15, -0.1) is 0 Å². The maximum absolute atomic E-state index is 14.1. The van der Waals surface area contributed by atoms with Crippen LogP contribution in [0.5, 0.6) is 0 Å². The molecule has 0 spiro atoms. The molecule has 0 aromatic heterocycles. The molecule has 3 aromatic rings. The number of halogens is 2. The molecule has 0 unspecified atom stereocenters. The first-order valence-corrected chi connectivity index (χ1v) is 11.6. The van der Waals surface area contributed by atoms with Gasteiger partial charge in [0.25, 0.3) is 0 Å². The zero-order valence-corrected chi connectivity index (χ0v) is 19.7. The molecule has 0 N–H and O–H groups in total. The van der Waals surface area contributed by atoms with Gasteiger partial charge in [-0.2, -0.15) is 10.5 Å². The van der Waals surface area contributed by atoms with E-state index in [1.807, 2.05) is 71.6 Å². The largest absolute Gasteiger partial charge is 0.351 e. The first-order valence-electron chi connectivity index (χ1n) is 10.4. The highest BCUT2D eigenvalue weighted by atomic mass is 79.9. The van der Waals surface area contributed by atoms with Gasteiger partial charge in [0, 0.05) is 26.7 Å². The molecular weight excluding hydrogens is 498 g/mol. The minimum absolute atomic E-state index is 0.134. The van der Waals surface area contributed by atoms with Gasteiger partial charge in [0.15, 0.2) is 11.2 Å². The fraction of sp³-hybridized carbons (Fsp3) is 0.148. The van der Waals surface area contributed by atoms with Crippen LogP contribution in [0.15, 0.2) is 83.3 Å². The van der Waals surface area contributed by atoms with Crippen molar-refractivity contribution in [2.24, 2.45) is 5.41 Å². The Hall–Kier alpha value is -3.38. The van der Waals surface area contributed by atoms with E-state index in [1.165, 1.54) is 0 Å². The Morgan fingerprint density at radius 2 is 1.70 bits per heavy atom. The Morgan fingerprint density at radius 1 is 1.00 bits per heavy atom. The van der Waals surface area contributed by atoms with Gasteiger partial charge in [-0.3, -0.25) is 4.79 Å². The average molecular weight is 515 g/mol. The third-order valence-corrected chi connectivity index (χ3v) is 7.49. The fourth-order valence-electron chi connectivity index (χ4n) is 5.11. The van der Waals surface area contributed by atoms with Gasteiger partial charge in [-0.25, -0.2) is 0 Å². The van der Waals surface area contributed by atoms with Gasteiger partial charge in [-0.05, 0) is 35.4 Å². The summed E-state index contributed by atoms with van der Waals surface area (Å²) < 4.78 is 0.760. The summed E-state index contributed by atoms with van der Waals surface area (Å²) in [6.45, 7) is 0. The molecule has 6 heteroatoms. The molecule has 2 heterocycles. The highest BCUT2D eigenvalue weighted by Gasteiger charge is 2.63. The number of hydrogen-bond acceptors (Lipinski definition) is 4. The topological polar surface area (TPSA) is 67.9 Å². The summed E-state index contributed by atoms with van der Waals surface area (Å²) in [6, 6.07) is 25.3. The predicted molar refractivity (Wildman–Crippen MR) is 132 cm³/mol. The summed E-state index contributed by atoms with van der Waals surface area (Å²) >= 11 is 9.85. The quantitative estimate of drug-likeness (QED) is 0.380. The molecule has 2 aliphatic heterocycles. The van der Waals surface area contributed by atoms with E-state index < -0.39 is 23.4 Å². The fourth-order valence-corrected chi connectivity index (χ4v) is 5.82. The SMILES string of the molecule is N#CC1(C#N)[C@@H]2C=Cc3cc(Cl)ccc3N2[C@H](C(=O)c2ccccc2)[C@@H]1c1ccccc1Br. The van der Waals surface area contributed by atoms with Crippen LogP contribution >= 0.6 is 27.5 Å².